The molecule has 6 heteroatoms. The zero-order valence-corrected chi connectivity index (χ0v) is 13.1. The summed E-state index contributed by atoms with van der Waals surface area (Å²) in [5.41, 5.74) is 0. The Morgan fingerprint density at radius 1 is 1.00 bits per heavy atom. The van der Waals surface area contributed by atoms with Crippen LogP contribution in [0.2, 0.25) is 0 Å². The fraction of sp³-hybridized carbons (Fsp3) is 0.867. The molecule has 21 heavy (non-hydrogen) atoms. The number of piperazine rings is 1. The van der Waals surface area contributed by atoms with Crippen molar-refractivity contribution in [3.05, 3.63) is 0 Å². The molecule has 0 aromatic carbocycles. The number of carbonyl (C=O) groups excluding carboxylic acids is 2. The van der Waals surface area contributed by atoms with Gasteiger partial charge in [0.1, 0.15) is 0 Å². The minimum absolute atomic E-state index is 0.0506. The molecule has 2 fully saturated rings. The average Bonchev–Trinajstić information content (AvgIpc) is 2.98. The Morgan fingerprint density at radius 2 is 1.62 bits per heavy atom. The smallest absolute Gasteiger partial charge is 0.234 e. The molecule has 0 bridgehead atoms. The number of carbonyl (C=O) groups is 2. The van der Waals surface area contributed by atoms with Crippen LogP contribution in [0, 0.1) is 0 Å². The van der Waals surface area contributed by atoms with Crippen LogP contribution in [0.15, 0.2) is 0 Å². The maximum Gasteiger partial charge on any atom is 0.234 e. The molecule has 1 aliphatic carbocycles. The monoisotopic (exact) mass is 296 g/mol. The van der Waals surface area contributed by atoms with Crippen LogP contribution in [0.1, 0.15) is 32.6 Å². The number of nitrogens with one attached hydrogen (secondary N) is 2. The third-order valence-corrected chi connectivity index (χ3v) is 4.44. The summed E-state index contributed by atoms with van der Waals surface area (Å²) in [6.07, 6.45) is 5.45. The van der Waals surface area contributed by atoms with Crippen molar-refractivity contribution in [3.8, 4) is 0 Å². The molecule has 1 aliphatic heterocycles. The summed E-state index contributed by atoms with van der Waals surface area (Å²) >= 11 is 0. The number of amides is 2. The van der Waals surface area contributed by atoms with Crippen LogP contribution in [0.3, 0.4) is 0 Å². The van der Waals surface area contributed by atoms with Crippen molar-refractivity contribution in [1.29, 1.82) is 0 Å². The zero-order chi connectivity index (χ0) is 15.1. The quantitative estimate of drug-likeness (QED) is 0.666. The van der Waals surface area contributed by atoms with E-state index in [0.29, 0.717) is 19.6 Å². The molecule has 1 saturated carbocycles. The lowest BCUT2D eigenvalue weighted by molar-refractivity contribution is -0.123. The van der Waals surface area contributed by atoms with Crippen LogP contribution in [0.4, 0.5) is 0 Å². The van der Waals surface area contributed by atoms with Gasteiger partial charge in [-0.25, -0.2) is 0 Å². The SMILES string of the molecule is CC(=O)NCCNC(=O)CN1CCN(C2CCCC2)CC1. The minimum Gasteiger partial charge on any atom is -0.355 e. The van der Waals surface area contributed by atoms with Gasteiger partial charge in [0.15, 0.2) is 0 Å². The van der Waals surface area contributed by atoms with E-state index in [2.05, 4.69) is 20.4 Å². The number of hydrogen-bond donors (Lipinski definition) is 2. The molecule has 0 unspecified atom stereocenters. The van der Waals surface area contributed by atoms with Gasteiger partial charge in [-0.2, -0.15) is 0 Å². The minimum atomic E-state index is -0.0627. The van der Waals surface area contributed by atoms with E-state index in [4.69, 9.17) is 0 Å². The van der Waals surface area contributed by atoms with Crippen molar-refractivity contribution in [2.24, 2.45) is 0 Å². The lowest BCUT2D eigenvalue weighted by Crippen LogP contribution is -2.52. The first-order valence-corrected chi connectivity index (χ1v) is 8.12. The van der Waals surface area contributed by atoms with E-state index in [1.807, 2.05) is 0 Å². The Balaban J connectivity index is 1.57. The second kappa shape index (κ2) is 8.34. The van der Waals surface area contributed by atoms with Crippen LogP contribution in [0.5, 0.6) is 0 Å². The van der Waals surface area contributed by atoms with E-state index in [0.717, 1.165) is 32.2 Å². The Morgan fingerprint density at radius 3 is 2.24 bits per heavy atom. The standard InChI is InChI=1S/C15H28N4O2/c1-13(20)16-6-7-17-15(21)12-18-8-10-19(11-9-18)14-4-2-3-5-14/h14H,2-12H2,1H3,(H,16,20)(H,17,21). The highest BCUT2D eigenvalue weighted by Gasteiger charge is 2.26. The van der Waals surface area contributed by atoms with Crippen LogP contribution < -0.4 is 10.6 Å². The summed E-state index contributed by atoms with van der Waals surface area (Å²) in [5.74, 6) is -0.0121. The molecule has 2 aliphatic rings. The van der Waals surface area contributed by atoms with Crippen LogP contribution in [-0.2, 0) is 9.59 Å². The van der Waals surface area contributed by atoms with Crippen molar-refractivity contribution in [2.75, 3.05) is 45.8 Å². The Labute approximate surface area is 127 Å². The number of nitrogens with zero attached hydrogens (tertiary/aromatic N) is 2. The summed E-state index contributed by atoms with van der Waals surface area (Å²) in [6, 6.07) is 0.790. The van der Waals surface area contributed by atoms with Gasteiger partial charge in [-0.1, -0.05) is 12.8 Å². The summed E-state index contributed by atoms with van der Waals surface area (Å²) in [4.78, 5) is 27.3. The predicted octanol–water partition coefficient (Wildman–Crippen LogP) is -0.201. The van der Waals surface area contributed by atoms with Crippen molar-refractivity contribution >= 4 is 11.8 Å². The highest BCUT2D eigenvalue weighted by Crippen LogP contribution is 2.24. The van der Waals surface area contributed by atoms with E-state index in [-0.39, 0.29) is 11.8 Å². The second-order valence-corrected chi connectivity index (χ2v) is 6.08. The third-order valence-electron chi connectivity index (χ3n) is 4.44. The van der Waals surface area contributed by atoms with Crippen molar-refractivity contribution < 1.29 is 9.59 Å². The maximum atomic E-state index is 11.8. The molecule has 2 rings (SSSR count). The zero-order valence-electron chi connectivity index (χ0n) is 13.1. The van der Waals surface area contributed by atoms with Gasteiger partial charge in [-0.15, -0.1) is 0 Å². The van der Waals surface area contributed by atoms with Crippen LogP contribution >= 0.6 is 0 Å². The second-order valence-electron chi connectivity index (χ2n) is 6.08. The van der Waals surface area contributed by atoms with E-state index in [1.54, 1.807) is 0 Å². The highest BCUT2D eigenvalue weighted by molar-refractivity contribution is 5.78. The lowest BCUT2D eigenvalue weighted by Gasteiger charge is -2.37. The van der Waals surface area contributed by atoms with Gasteiger partial charge >= 0.3 is 0 Å². The van der Waals surface area contributed by atoms with Gasteiger partial charge in [0, 0.05) is 52.2 Å². The highest BCUT2D eigenvalue weighted by atomic mass is 16.2. The molecule has 6 nitrogen and oxygen atoms in total. The van der Waals surface area contributed by atoms with Gasteiger partial charge in [-0.05, 0) is 12.8 Å². The molecule has 120 valence electrons. The molecule has 0 atom stereocenters. The molecule has 0 aromatic heterocycles. The van der Waals surface area contributed by atoms with Gasteiger partial charge in [-0.3, -0.25) is 19.4 Å². The first-order valence-electron chi connectivity index (χ1n) is 8.12. The molecule has 1 heterocycles. The summed E-state index contributed by atoms with van der Waals surface area (Å²) in [6.45, 7) is 7.08. The van der Waals surface area contributed by atoms with Crippen molar-refractivity contribution in [1.82, 2.24) is 20.4 Å². The maximum absolute atomic E-state index is 11.8. The van der Waals surface area contributed by atoms with E-state index in [1.165, 1.54) is 32.6 Å². The molecule has 0 radical (unpaired) electrons. The Kier molecular flexibility index (Phi) is 6.45. The molecule has 2 N–H and O–H groups in total. The summed E-state index contributed by atoms with van der Waals surface area (Å²) in [7, 11) is 0. The van der Waals surface area contributed by atoms with Gasteiger partial charge in [0.05, 0.1) is 6.54 Å². The fourth-order valence-electron chi connectivity index (χ4n) is 3.26. The van der Waals surface area contributed by atoms with Crippen molar-refractivity contribution in [3.63, 3.8) is 0 Å². The van der Waals surface area contributed by atoms with Crippen LogP contribution in [-0.4, -0.2) is 73.5 Å². The normalized spacial score (nSPS) is 21.4. The summed E-state index contributed by atoms with van der Waals surface area (Å²) in [5, 5.41) is 5.51. The van der Waals surface area contributed by atoms with Gasteiger partial charge < -0.3 is 10.6 Å². The molecular formula is C15H28N4O2. The fourth-order valence-corrected chi connectivity index (χ4v) is 3.26. The average molecular weight is 296 g/mol. The molecule has 0 spiro atoms. The molecule has 2 amide bonds. The lowest BCUT2D eigenvalue weighted by atomic mass is 10.2. The van der Waals surface area contributed by atoms with Crippen LogP contribution in [0.25, 0.3) is 0 Å². The number of rotatable bonds is 6. The number of hydrogen-bond acceptors (Lipinski definition) is 4. The van der Waals surface area contributed by atoms with Gasteiger partial charge in [0.2, 0.25) is 11.8 Å². The first-order chi connectivity index (χ1) is 10.1. The molecular weight excluding hydrogens is 268 g/mol. The largest absolute Gasteiger partial charge is 0.355 e. The molecule has 1 saturated heterocycles. The van der Waals surface area contributed by atoms with Crippen molar-refractivity contribution in [2.45, 2.75) is 38.6 Å². The van der Waals surface area contributed by atoms with E-state index >= 15 is 0 Å². The van der Waals surface area contributed by atoms with E-state index < -0.39 is 0 Å². The van der Waals surface area contributed by atoms with Gasteiger partial charge in [0.25, 0.3) is 0 Å². The summed E-state index contributed by atoms with van der Waals surface area (Å²) < 4.78 is 0. The van der Waals surface area contributed by atoms with E-state index in [9.17, 15) is 9.59 Å². The third kappa shape index (κ3) is 5.63. The predicted molar refractivity (Wildman–Crippen MR) is 82.0 cm³/mol. The Bertz CT molecular complexity index is 348. The molecule has 0 aromatic rings. The Hall–Kier alpha value is -1.14. The topological polar surface area (TPSA) is 64.7 Å². The first kappa shape index (κ1) is 16.2.